The fraction of sp³-hybridized carbons (Fsp3) is 0.357. The van der Waals surface area contributed by atoms with Gasteiger partial charge >= 0.3 is 0 Å². The number of unbranched alkanes of at least 4 members (excludes halogenated alkanes) is 1. The number of nitrogens with one attached hydrogen (secondary N) is 1. The van der Waals surface area contributed by atoms with Gasteiger partial charge < -0.3 is 4.74 Å². The van der Waals surface area contributed by atoms with E-state index in [9.17, 15) is 8.42 Å². The molecule has 0 fully saturated rings. The molecule has 0 saturated heterocycles. The van der Waals surface area contributed by atoms with E-state index < -0.39 is 15.4 Å². The Labute approximate surface area is 197 Å². The van der Waals surface area contributed by atoms with Gasteiger partial charge in [-0.05, 0) is 47.7 Å². The summed E-state index contributed by atoms with van der Waals surface area (Å²) >= 11 is 0. The summed E-state index contributed by atoms with van der Waals surface area (Å²) in [6.07, 6.45) is 3.62. The fourth-order valence-corrected chi connectivity index (χ4v) is 6.82. The van der Waals surface area contributed by atoms with Crippen LogP contribution in [0.4, 0.5) is 0 Å². The molecule has 5 heteroatoms. The first-order valence-corrected chi connectivity index (χ1v) is 13.5. The van der Waals surface area contributed by atoms with E-state index in [-0.39, 0.29) is 11.8 Å². The first kappa shape index (κ1) is 23.5. The Bertz CT molecular complexity index is 1160. The molecule has 0 bridgehead atoms. The van der Waals surface area contributed by atoms with Crippen molar-refractivity contribution in [2.45, 2.75) is 62.6 Å². The van der Waals surface area contributed by atoms with Crippen molar-refractivity contribution in [3.8, 4) is 5.75 Å². The lowest BCUT2D eigenvalue weighted by atomic mass is 9.88. The Balaban J connectivity index is 1.66. The van der Waals surface area contributed by atoms with Crippen molar-refractivity contribution < 1.29 is 13.2 Å². The molecule has 0 aliphatic carbocycles. The quantitative estimate of drug-likeness (QED) is 0.440. The fourth-order valence-electron chi connectivity index (χ4n) is 4.67. The highest BCUT2D eigenvalue weighted by Crippen LogP contribution is 2.38. The van der Waals surface area contributed by atoms with E-state index in [2.05, 4.69) is 19.2 Å². The Morgan fingerprint density at radius 1 is 0.939 bits per heavy atom. The van der Waals surface area contributed by atoms with Gasteiger partial charge in [0.25, 0.3) is 0 Å². The molecule has 33 heavy (non-hydrogen) atoms. The average molecular weight is 464 g/mol. The van der Waals surface area contributed by atoms with Crippen LogP contribution in [0.5, 0.6) is 5.75 Å². The van der Waals surface area contributed by atoms with Crippen molar-refractivity contribution in [1.82, 2.24) is 5.32 Å². The molecule has 4 rings (SSSR count). The van der Waals surface area contributed by atoms with Crippen LogP contribution in [-0.2, 0) is 16.4 Å². The van der Waals surface area contributed by atoms with Gasteiger partial charge in [-0.1, -0.05) is 87.4 Å². The smallest absolute Gasteiger partial charge is 0.180 e. The molecule has 1 N–H and O–H groups in total. The third-order valence-corrected chi connectivity index (χ3v) is 8.60. The molecule has 2 atom stereocenters. The molecule has 0 spiro atoms. The first-order valence-electron chi connectivity index (χ1n) is 11.8. The highest BCUT2D eigenvalue weighted by atomic mass is 32.2. The number of rotatable bonds is 8. The van der Waals surface area contributed by atoms with Crippen molar-refractivity contribution in [3.05, 3.63) is 95.6 Å². The van der Waals surface area contributed by atoms with E-state index in [1.54, 1.807) is 6.07 Å². The molecular weight excluding hydrogens is 430 g/mol. The monoisotopic (exact) mass is 463 g/mol. The molecule has 1 aliphatic heterocycles. The van der Waals surface area contributed by atoms with Gasteiger partial charge in [0.15, 0.2) is 9.84 Å². The molecule has 1 aliphatic rings. The number of hydrogen-bond acceptors (Lipinski definition) is 4. The maximum atomic E-state index is 13.4. The number of hydrogen-bond donors (Lipinski definition) is 1. The van der Waals surface area contributed by atoms with E-state index in [1.165, 1.54) is 0 Å². The lowest BCUT2D eigenvalue weighted by Gasteiger charge is -2.36. The largest absolute Gasteiger partial charge is 0.489 e. The van der Waals surface area contributed by atoms with Crippen molar-refractivity contribution in [2.24, 2.45) is 0 Å². The number of ether oxygens (including phenoxy) is 1. The summed E-state index contributed by atoms with van der Waals surface area (Å²) in [5.74, 6) is 0.923. The Kier molecular flexibility index (Phi) is 7.20. The zero-order valence-electron chi connectivity index (χ0n) is 19.5. The first-order chi connectivity index (χ1) is 16.0. The lowest BCUT2D eigenvalue weighted by Crippen LogP contribution is -2.50. The summed E-state index contributed by atoms with van der Waals surface area (Å²) in [6.45, 7) is 4.75. The zero-order chi connectivity index (χ0) is 23.3. The maximum Gasteiger partial charge on any atom is 0.180 e. The second-order valence-electron chi connectivity index (χ2n) is 8.96. The molecule has 0 radical (unpaired) electrons. The molecule has 0 amide bonds. The predicted molar refractivity (Wildman–Crippen MR) is 133 cm³/mol. The minimum Gasteiger partial charge on any atom is -0.489 e. The van der Waals surface area contributed by atoms with Gasteiger partial charge in [0, 0.05) is 5.54 Å². The van der Waals surface area contributed by atoms with Crippen LogP contribution in [0.1, 0.15) is 62.3 Å². The minimum atomic E-state index is -3.40. The minimum absolute atomic E-state index is 0.127. The molecular formula is C28H33NO3S. The maximum absolute atomic E-state index is 13.4. The van der Waals surface area contributed by atoms with E-state index in [1.807, 2.05) is 72.8 Å². The lowest BCUT2D eigenvalue weighted by molar-refractivity contribution is 0.294. The van der Waals surface area contributed by atoms with Gasteiger partial charge in [-0.3, -0.25) is 5.32 Å². The second kappa shape index (κ2) is 10.1. The van der Waals surface area contributed by atoms with Gasteiger partial charge in [-0.25, -0.2) is 8.42 Å². The van der Waals surface area contributed by atoms with Gasteiger partial charge in [0.1, 0.15) is 12.4 Å². The van der Waals surface area contributed by atoms with Gasteiger partial charge in [-0.15, -0.1) is 0 Å². The van der Waals surface area contributed by atoms with Crippen molar-refractivity contribution in [2.75, 3.05) is 5.75 Å². The van der Waals surface area contributed by atoms with Crippen LogP contribution in [0.25, 0.3) is 0 Å². The zero-order valence-corrected chi connectivity index (χ0v) is 20.3. The summed E-state index contributed by atoms with van der Waals surface area (Å²) in [6, 6.07) is 25.4. The highest BCUT2D eigenvalue weighted by Gasteiger charge is 2.41. The second-order valence-corrected chi connectivity index (χ2v) is 10.9. The SMILES string of the molecule is CCCC[C@@]1(CC)CS(=O)(=O)c2ccccc2[C@H](c2ccc(OCc3ccccc3)cc2)N1. The molecule has 3 aromatic rings. The third-order valence-electron chi connectivity index (χ3n) is 6.63. The molecule has 0 saturated carbocycles. The average Bonchev–Trinajstić information content (AvgIpc) is 2.95. The Morgan fingerprint density at radius 3 is 2.33 bits per heavy atom. The van der Waals surface area contributed by atoms with E-state index >= 15 is 0 Å². The molecule has 0 unspecified atom stereocenters. The van der Waals surface area contributed by atoms with Crippen molar-refractivity contribution in [1.29, 1.82) is 0 Å². The Morgan fingerprint density at radius 2 is 1.64 bits per heavy atom. The normalized spacial score (nSPS) is 21.7. The highest BCUT2D eigenvalue weighted by molar-refractivity contribution is 7.91. The number of benzene rings is 3. The van der Waals surface area contributed by atoms with Gasteiger partial charge in [0.2, 0.25) is 0 Å². The van der Waals surface area contributed by atoms with Crippen molar-refractivity contribution in [3.63, 3.8) is 0 Å². The van der Waals surface area contributed by atoms with Crippen LogP contribution in [0, 0.1) is 0 Å². The van der Waals surface area contributed by atoms with Crippen LogP contribution in [0.3, 0.4) is 0 Å². The molecule has 0 aromatic heterocycles. The summed E-state index contributed by atoms with van der Waals surface area (Å²) in [5, 5.41) is 3.80. The van der Waals surface area contributed by atoms with Gasteiger partial charge in [-0.2, -0.15) is 0 Å². The van der Waals surface area contributed by atoms with Crippen LogP contribution < -0.4 is 10.1 Å². The summed E-state index contributed by atoms with van der Waals surface area (Å²) < 4.78 is 32.8. The van der Waals surface area contributed by atoms with Crippen LogP contribution in [-0.4, -0.2) is 19.7 Å². The molecule has 174 valence electrons. The molecule has 3 aromatic carbocycles. The van der Waals surface area contributed by atoms with E-state index in [4.69, 9.17) is 4.74 Å². The van der Waals surface area contributed by atoms with E-state index in [0.717, 1.165) is 48.1 Å². The van der Waals surface area contributed by atoms with Crippen LogP contribution in [0.2, 0.25) is 0 Å². The molecule has 1 heterocycles. The molecule has 4 nitrogen and oxygen atoms in total. The van der Waals surface area contributed by atoms with Crippen LogP contribution in [0.15, 0.2) is 83.8 Å². The van der Waals surface area contributed by atoms with E-state index in [0.29, 0.717) is 11.5 Å². The van der Waals surface area contributed by atoms with Crippen LogP contribution >= 0.6 is 0 Å². The summed E-state index contributed by atoms with van der Waals surface area (Å²) in [7, 11) is -3.40. The topological polar surface area (TPSA) is 55.4 Å². The standard InChI is InChI=1S/C28H33NO3S/c1-3-5-19-28(4-2)21-33(30,31)26-14-10-9-13-25(26)27(29-28)23-15-17-24(18-16-23)32-20-22-11-7-6-8-12-22/h6-18,27,29H,3-5,19-21H2,1-2H3/t27-,28-/m0/s1. The van der Waals surface area contributed by atoms with Crippen molar-refractivity contribution >= 4 is 9.84 Å². The summed E-state index contributed by atoms with van der Waals surface area (Å²) in [5.41, 5.74) is 2.53. The van der Waals surface area contributed by atoms with Gasteiger partial charge in [0.05, 0.1) is 16.7 Å². The third kappa shape index (κ3) is 5.31. The predicted octanol–water partition coefficient (Wildman–Crippen LogP) is 6.07. The number of sulfone groups is 1. The Hall–Kier alpha value is -2.63. The number of fused-ring (bicyclic) bond motifs is 1. The summed E-state index contributed by atoms with van der Waals surface area (Å²) in [4.78, 5) is 0.443.